The topological polar surface area (TPSA) is 127 Å². The van der Waals surface area contributed by atoms with Gasteiger partial charge in [-0.25, -0.2) is 22.8 Å². The molecule has 0 aliphatic carbocycles. The molecule has 0 radical (unpaired) electrons. The van der Waals surface area contributed by atoms with E-state index in [4.69, 9.17) is 9.47 Å². The molecule has 0 bridgehead atoms. The Morgan fingerprint density at radius 2 is 1.64 bits per heavy atom. The fraction of sp³-hybridized carbons (Fsp3) is 0.167. The second-order valence-electron chi connectivity index (χ2n) is 5.61. The molecule has 2 rings (SSSR count). The number of rotatable bonds is 5. The Bertz CT molecular complexity index is 1030. The van der Waals surface area contributed by atoms with Gasteiger partial charge in [0.2, 0.25) is 0 Å². The molecule has 0 saturated heterocycles. The first-order chi connectivity index (χ1) is 13.1. The van der Waals surface area contributed by atoms with E-state index in [1.165, 1.54) is 41.5 Å². The van der Waals surface area contributed by atoms with E-state index in [1.54, 1.807) is 0 Å². The number of ether oxygens (including phenoxy) is 2. The van der Waals surface area contributed by atoms with Crippen LogP contribution >= 0.6 is 0 Å². The summed E-state index contributed by atoms with van der Waals surface area (Å²) >= 11 is 0. The van der Waals surface area contributed by atoms with E-state index >= 15 is 0 Å². The normalized spacial score (nSPS) is 13.9. The lowest BCUT2D eigenvalue weighted by molar-refractivity contribution is -0.139. The van der Waals surface area contributed by atoms with Gasteiger partial charge in [-0.15, -0.1) is 0 Å². The van der Waals surface area contributed by atoms with Crippen molar-refractivity contribution in [2.75, 3.05) is 25.4 Å². The van der Waals surface area contributed by atoms with Gasteiger partial charge >= 0.3 is 17.9 Å². The molecule has 148 valence electrons. The average molecular weight is 407 g/mol. The molecule has 0 atom stereocenters. The number of methoxy groups -OCH3 is 2. The summed E-state index contributed by atoms with van der Waals surface area (Å²) in [6.07, 6.45) is 6.56. The summed E-state index contributed by atoms with van der Waals surface area (Å²) in [5.41, 5.74) is -0.697. The van der Waals surface area contributed by atoms with Crippen molar-refractivity contribution >= 4 is 33.4 Å². The SMILES string of the molecule is COC(=O)C1=C(C(=O)OC)N(c2cc(C(=O)O)cc(S(C)(=O)=O)c2)C=CC=C1. The largest absolute Gasteiger partial charge is 0.478 e. The van der Waals surface area contributed by atoms with Crippen molar-refractivity contribution in [1.29, 1.82) is 0 Å². The van der Waals surface area contributed by atoms with E-state index in [2.05, 4.69) is 0 Å². The lowest BCUT2D eigenvalue weighted by Crippen LogP contribution is -2.27. The number of aromatic carboxylic acids is 1. The number of anilines is 1. The highest BCUT2D eigenvalue weighted by Gasteiger charge is 2.28. The molecule has 0 spiro atoms. The lowest BCUT2D eigenvalue weighted by atomic mass is 10.1. The monoisotopic (exact) mass is 407 g/mol. The van der Waals surface area contributed by atoms with Crippen LogP contribution in [0.15, 0.2) is 58.8 Å². The van der Waals surface area contributed by atoms with Gasteiger partial charge in [-0.3, -0.25) is 0 Å². The zero-order valence-corrected chi connectivity index (χ0v) is 16.0. The summed E-state index contributed by atoms with van der Waals surface area (Å²) in [7, 11) is -1.52. The van der Waals surface area contributed by atoms with Gasteiger partial charge < -0.3 is 19.5 Å². The molecular formula is C18H17NO8S. The highest BCUT2D eigenvalue weighted by Crippen LogP contribution is 2.29. The second kappa shape index (κ2) is 8.09. The Balaban J connectivity index is 2.83. The first-order valence-corrected chi connectivity index (χ1v) is 9.62. The summed E-state index contributed by atoms with van der Waals surface area (Å²) in [5, 5.41) is 9.33. The molecule has 0 fully saturated rings. The predicted molar refractivity (Wildman–Crippen MR) is 98.3 cm³/mol. The fourth-order valence-electron chi connectivity index (χ4n) is 2.43. The van der Waals surface area contributed by atoms with E-state index < -0.39 is 27.7 Å². The summed E-state index contributed by atoms with van der Waals surface area (Å²) in [6.45, 7) is 0. The van der Waals surface area contributed by atoms with Gasteiger partial charge in [0.05, 0.1) is 30.3 Å². The van der Waals surface area contributed by atoms with Crippen molar-refractivity contribution in [2.24, 2.45) is 0 Å². The number of sulfone groups is 1. The summed E-state index contributed by atoms with van der Waals surface area (Å²) in [5.74, 6) is -3.10. The van der Waals surface area contributed by atoms with E-state index in [-0.39, 0.29) is 27.4 Å². The summed E-state index contributed by atoms with van der Waals surface area (Å²) in [6, 6.07) is 3.36. The minimum Gasteiger partial charge on any atom is -0.478 e. The smallest absolute Gasteiger partial charge is 0.355 e. The molecule has 10 heteroatoms. The number of carbonyl (C=O) groups is 3. The molecular weight excluding hydrogens is 390 g/mol. The van der Waals surface area contributed by atoms with E-state index in [0.717, 1.165) is 26.5 Å². The number of esters is 2. The van der Waals surface area contributed by atoms with Crippen molar-refractivity contribution in [3.63, 3.8) is 0 Å². The maximum atomic E-state index is 12.4. The highest BCUT2D eigenvalue weighted by atomic mass is 32.2. The van der Waals surface area contributed by atoms with Crippen molar-refractivity contribution in [3.8, 4) is 0 Å². The van der Waals surface area contributed by atoms with Crippen LogP contribution in [0.2, 0.25) is 0 Å². The van der Waals surface area contributed by atoms with Crippen LogP contribution in [-0.4, -0.2) is 51.9 Å². The average Bonchev–Trinajstić information content (AvgIpc) is 2.88. The zero-order chi connectivity index (χ0) is 21.1. The van der Waals surface area contributed by atoms with Crippen LogP contribution in [-0.2, 0) is 28.9 Å². The quantitative estimate of drug-likeness (QED) is 0.718. The van der Waals surface area contributed by atoms with Crippen molar-refractivity contribution in [2.45, 2.75) is 4.90 Å². The number of benzene rings is 1. The third-order valence-corrected chi connectivity index (χ3v) is 4.83. The maximum Gasteiger partial charge on any atom is 0.355 e. The van der Waals surface area contributed by atoms with Crippen LogP contribution in [0.25, 0.3) is 0 Å². The minimum atomic E-state index is -3.76. The highest BCUT2D eigenvalue weighted by molar-refractivity contribution is 7.90. The number of carboxylic acids is 1. The number of carboxylic acid groups (broad SMARTS) is 1. The Hall–Kier alpha value is -3.40. The lowest BCUT2D eigenvalue weighted by Gasteiger charge is -2.24. The summed E-state index contributed by atoms with van der Waals surface area (Å²) in [4.78, 5) is 36.9. The Kier molecular flexibility index (Phi) is 6.04. The van der Waals surface area contributed by atoms with Crippen molar-refractivity contribution in [1.82, 2.24) is 0 Å². The molecule has 1 aliphatic rings. The number of carbonyl (C=O) groups excluding carboxylic acids is 2. The molecule has 0 saturated carbocycles. The van der Waals surface area contributed by atoms with Crippen molar-refractivity contribution in [3.05, 3.63) is 59.5 Å². The first kappa shape index (κ1) is 20.9. The minimum absolute atomic E-state index is 0.0297. The Morgan fingerprint density at radius 3 is 2.18 bits per heavy atom. The van der Waals surface area contributed by atoms with Gasteiger partial charge in [0, 0.05) is 18.1 Å². The number of allylic oxidation sites excluding steroid dienone is 2. The van der Waals surface area contributed by atoms with Crippen LogP contribution in [0.3, 0.4) is 0 Å². The molecule has 28 heavy (non-hydrogen) atoms. The van der Waals surface area contributed by atoms with Gasteiger partial charge in [-0.1, -0.05) is 6.08 Å². The standard InChI is InChI=1S/C18H17NO8S/c1-26-17(22)14-6-4-5-7-19(15(14)18(23)27-2)12-8-11(16(20)21)9-13(10-12)28(3,24)25/h4-10H,1-3H3,(H,20,21). The Morgan fingerprint density at radius 1 is 1.00 bits per heavy atom. The fourth-order valence-corrected chi connectivity index (χ4v) is 3.10. The molecule has 1 aromatic carbocycles. The van der Waals surface area contributed by atoms with Crippen molar-refractivity contribution < 1.29 is 37.4 Å². The molecule has 1 aromatic rings. The van der Waals surface area contributed by atoms with Crippen LogP contribution in [0.1, 0.15) is 10.4 Å². The third-order valence-electron chi connectivity index (χ3n) is 3.73. The Labute approximate surface area is 161 Å². The number of nitrogens with zero attached hydrogens (tertiary/aromatic N) is 1. The van der Waals surface area contributed by atoms with Crippen LogP contribution < -0.4 is 4.90 Å². The van der Waals surface area contributed by atoms with Gasteiger partial charge in [0.15, 0.2) is 9.84 Å². The van der Waals surface area contributed by atoms with Gasteiger partial charge in [0.25, 0.3) is 0 Å². The van der Waals surface area contributed by atoms with E-state index in [9.17, 15) is 27.9 Å². The van der Waals surface area contributed by atoms with E-state index in [0.29, 0.717) is 0 Å². The van der Waals surface area contributed by atoms with E-state index in [1.807, 2.05) is 0 Å². The maximum absolute atomic E-state index is 12.4. The molecule has 1 N–H and O–H groups in total. The molecule has 0 aromatic heterocycles. The molecule has 1 heterocycles. The zero-order valence-electron chi connectivity index (χ0n) is 15.2. The molecule has 1 aliphatic heterocycles. The van der Waals surface area contributed by atoms with Crippen LogP contribution in [0, 0.1) is 0 Å². The van der Waals surface area contributed by atoms with Crippen LogP contribution in [0.5, 0.6) is 0 Å². The molecule has 0 amide bonds. The molecule has 0 unspecified atom stereocenters. The molecule has 9 nitrogen and oxygen atoms in total. The number of hydrogen-bond donors (Lipinski definition) is 1. The predicted octanol–water partition coefficient (Wildman–Crippen LogP) is 1.28. The van der Waals surface area contributed by atoms with Crippen LogP contribution in [0.4, 0.5) is 5.69 Å². The van der Waals surface area contributed by atoms with Gasteiger partial charge in [-0.2, -0.15) is 0 Å². The second-order valence-corrected chi connectivity index (χ2v) is 7.62. The number of hydrogen-bond acceptors (Lipinski definition) is 8. The summed E-state index contributed by atoms with van der Waals surface area (Å²) < 4.78 is 33.4. The third kappa shape index (κ3) is 4.29. The first-order valence-electron chi connectivity index (χ1n) is 7.73. The van der Waals surface area contributed by atoms with Gasteiger partial charge in [-0.05, 0) is 30.4 Å². The van der Waals surface area contributed by atoms with Gasteiger partial charge in [0.1, 0.15) is 5.70 Å².